The van der Waals surface area contributed by atoms with E-state index in [2.05, 4.69) is 16.8 Å². The molecule has 0 aliphatic rings. The second-order valence-corrected chi connectivity index (χ2v) is 5.49. The fraction of sp³-hybridized carbons (Fsp3) is 0.333. The molecular formula is C15H17N3O2S. The molecule has 0 aliphatic carbocycles. The van der Waals surface area contributed by atoms with Gasteiger partial charge < -0.3 is 14.6 Å². The Kier molecular flexibility index (Phi) is 5.55. The molecule has 0 saturated heterocycles. The van der Waals surface area contributed by atoms with E-state index in [1.165, 1.54) is 11.3 Å². The fourth-order valence-electron chi connectivity index (χ4n) is 1.85. The minimum absolute atomic E-state index is 0.0953. The number of hydrogen-bond acceptors (Lipinski definition) is 4. The quantitative estimate of drug-likeness (QED) is 0.848. The third kappa shape index (κ3) is 4.74. The smallest absolute Gasteiger partial charge is 0.224 e. The number of aromatic nitrogens is 2. The molecule has 0 atom stereocenters. The summed E-state index contributed by atoms with van der Waals surface area (Å²) in [6.45, 7) is 1.07. The van der Waals surface area contributed by atoms with Gasteiger partial charge in [0, 0.05) is 39.0 Å². The van der Waals surface area contributed by atoms with Crippen LogP contribution in [0.2, 0.25) is 0 Å². The third-order valence-electron chi connectivity index (χ3n) is 2.93. The van der Waals surface area contributed by atoms with Gasteiger partial charge in [-0.15, -0.1) is 11.3 Å². The highest BCUT2D eigenvalue weighted by Gasteiger charge is 2.10. The molecule has 6 heteroatoms. The lowest BCUT2D eigenvalue weighted by molar-refractivity contribution is -0.130. The topological polar surface area (TPSA) is 58.4 Å². The average molecular weight is 303 g/mol. The minimum Gasteiger partial charge on any atom is -0.384 e. The van der Waals surface area contributed by atoms with E-state index in [0.29, 0.717) is 19.5 Å². The van der Waals surface area contributed by atoms with Crippen LogP contribution in [0.3, 0.4) is 0 Å². The Morgan fingerprint density at radius 3 is 3.14 bits per heavy atom. The van der Waals surface area contributed by atoms with E-state index >= 15 is 0 Å². The van der Waals surface area contributed by atoms with Gasteiger partial charge in [-0.05, 0) is 17.0 Å². The summed E-state index contributed by atoms with van der Waals surface area (Å²) in [6, 6.07) is 1.95. The third-order valence-corrected chi connectivity index (χ3v) is 3.83. The number of imidazole rings is 1. The van der Waals surface area contributed by atoms with E-state index in [0.717, 1.165) is 10.4 Å². The van der Waals surface area contributed by atoms with Crippen LogP contribution in [0, 0.1) is 11.8 Å². The van der Waals surface area contributed by atoms with Crippen LogP contribution in [-0.4, -0.2) is 39.1 Å². The summed E-state index contributed by atoms with van der Waals surface area (Å²) in [7, 11) is 1.80. The summed E-state index contributed by atoms with van der Waals surface area (Å²) < 4.78 is 1.89. The van der Waals surface area contributed by atoms with Crippen molar-refractivity contribution in [2.45, 2.75) is 19.5 Å². The predicted molar refractivity (Wildman–Crippen MR) is 81.6 cm³/mol. The number of nitrogens with zero attached hydrogens (tertiary/aromatic N) is 3. The summed E-state index contributed by atoms with van der Waals surface area (Å²) in [4.78, 5) is 18.6. The van der Waals surface area contributed by atoms with Crippen LogP contribution in [-0.2, 0) is 17.9 Å². The molecule has 0 spiro atoms. The lowest BCUT2D eigenvalue weighted by Gasteiger charge is -2.16. The van der Waals surface area contributed by atoms with E-state index in [4.69, 9.17) is 5.11 Å². The molecule has 0 aliphatic heterocycles. The van der Waals surface area contributed by atoms with E-state index in [9.17, 15) is 4.79 Å². The zero-order valence-electron chi connectivity index (χ0n) is 11.8. The Balaban J connectivity index is 1.84. The highest BCUT2D eigenvalue weighted by Crippen LogP contribution is 2.15. The average Bonchev–Trinajstić information content (AvgIpc) is 3.14. The Labute approximate surface area is 127 Å². The van der Waals surface area contributed by atoms with Gasteiger partial charge in [0.15, 0.2) is 0 Å². The van der Waals surface area contributed by atoms with Gasteiger partial charge in [-0.1, -0.05) is 11.8 Å². The first-order valence-corrected chi connectivity index (χ1v) is 7.44. The summed E-state index contributed by atoms with van der Waals surface area (Å²) in [5, 5.41) is 10.6. The van der Waals surface area contributed by atoms with Crippen molar-refractivity contribution in [2.75, 3.05) is 13.7 Å². The second kappa shape index (κ2) is 7.62. The maximum atomic E-state index is 12.1. The van der Waals surface area contributed by atoms with E-state index in [-0.39, 0.29) is 12.5 Å². The fourth-order valence-corrected chi connectivity index (χ4v) is 2.62. The number of rotatable bonds is 5. The molecule has 0 bridgehead atoms. The van der Waals surface area contributed by atoms with Crippen LogP contribution in [0.15, 0.2) is 30.2 Å². The molecule has 2 rings (SSSR count). The molecule has 2 aromatic heterocycles. The van der Waals surface area contributed by atoms with Crippen LogP contribution < -0.4 is 0 Å². The van der Waals surface area contributed by atoms with Crippen LogP contribution >= 0.6 is 11.3 Å². The van der Waals surface area contributed by atoms with Gasteiger partial charge in [0.05, 0.1) is 11.2 Å². The molecular weight excluding hydrogens is 286 g/mol. The van der Waals surface area contributed by atoms with E-state index in [1.807, 2.05) is 22.2 Å². The molecule has 5 nitrogen and oxygen atoms in total. The van der Waals surface area contributed by atoms with Crippen molar-refractivity contribution in [3.8, 4) is 11.8 Å². The molecule has 2 aromatic rings. The molecule has 0 fully saturated rings. The molecule has 1 amide bonds. The first-order chi connectivity index (χ1) is 10.2. The van der Waals surface area contributed by atoms with Gasteiger partial charge in [0.25, 0.3) is 0 Å². The molecule has 2 heterocycles. The van der Waals surface area contributed by atoms with Gasteiger partial charge in [-0.3, -0.25) is 4.79 Å². The first kappa shape index (κ1) is 15.3. The number of aryl methyl sites for hydroxylation is 1. The van der Waals surface area contributed by atoms with Gasteiger partial charge in [0.2, 0.25) is 5.91 Å². The second-order valence-electron chi connectivity index (χ2n) is 4.58. The Morgan fingerprint density at radius 2 is 2.43 bits per heavy atom. The number of amides is 1. The van der Waals surface area contributed by atoms with E-state index < -0.39 is 0 Å². The van der Waals surface area contributed by atoms with Crippen LogP contribution in [0.1, 0.15) is 16.9 Å². The Bertz CT molecular complexity index is 637. The van der Waals surface area contributed by atoms with Crippen molar-refractivity contribution in [1.29, 1.82) is 0 Å². The van der Waals surface area contributed by atoms with Crippen molar-refractivity contribution in [1.82, 2.24) is 14.5 Å². The van der Waals surface area contributed by atoms with Crippen molar-refractivity contribution < 1.29 is 9.90 Å². The molecule has 0 aromatic carbocycles. The summed E-state index contributed by atoms with van der Waals surface area (Å²) in [5.74, 6) is 5.58. The van der Waals surface area contributed by atoms with E-state index in [1.54, 1.807) is 24.5 Å². The van der Waals surface area contributed by atoms with Crippen LogP contribution in [0.25, 0.3) is 0 Å². The lowest BCUT2D eigenvalue weighted by atomic mass is 10.2. The lowest BCUT2D eigenvalue weighted by Crippen LogP contribution is -2.26. The number of carbonyl (C=O) groups is 1. The Morgan fingerprint density at radius 1 is 1.57 bits per heavy atom. The number of hydrogen-bond donors (Lipinski definition) is 1. The highest BCUT2D eigenvalue weighted by molar-refractivity contribution is 7.10. The van der Waals surface area contributed by atoms with Gasteiger partial charge in [-0.25, -0.2) is 4.98 Å². The molecule has 0 unspecified atom stereocenters. The highest BCUT2D eigenvalue weighted by atomic mass is 32.1. The zero-order chi connectivity index (χ0) is 15.1. The first-order valence-electron chi connectivity index (χ1n) is 6.56. The van der Waals surface area contributed by atoms with Crippen LogP contribution in [0.5, 0.6) is 0 Å². The minimum atomic E-state index is -0.139. The molecule has 0 saturated carbocycles. The molecule has 110 valence electrons. The largest absolute Gasteiger partial charge is 0.384 e. The number of aliphatic hydroxyl groups excluding tert-OH is 1. The summed E-state index contributed by atoms with van der Waals surface area (Å²) in [6.07, 6.45) is 5.71. The van der Waals surface area contributed by atoms with Crippen LogP contribution in [0.4, 0.5) is 0 Å². The van der Waals surface area contributed by atoms with Gasteiger partial charge in [-0.2, -0.15) is 0 Å². The number of thiophene rings is 1. The maximum absolute atomic E-state index is 12.1. The normalized spacial score (nSPS) is 10.0. The zero-order valence-corrected chi connectivity index (χ0v) is 12.6. The predicted octanol–water partition coefficient (Wildman–Crippen LogP) is 1.34. The van der Waals surface area contributed by atoms with Crippen molar-refractivity contribution in [2.24, 2.45) is 0 Å². The van der Waals surface area contributed by atoms with Gasteiger partial charge in [0.1, 0.15) is 6.61 Å². The van der Waals surface area contributed by atoms with Crippen molar-refractivity contribution in [3.63, 3.8) is 0 Å². The summed E-state index contributed by atoms with van der Waals surface area (Å²) >= 11 is 1.52. The summed E-state index contributed by atoms with van der Waals surface area (Å²) in [5.41, 5.74) is 1.06. The standard InChI is InChI=1S/C15H17N3O2S/c1-17(15(20)4-6-18-7-5-16-12-18)10-13-9-14(21-11-13)3-2-8-19/h5,7,9,11-12,19H,4,6,8,10H2,1H3. The Hall–Kier alpha value is -2.10. The molecule has 0 radical (unpaired) electrons. The number of carbonyl (C=O) groups excluding carboxylic acids is 1. The monoisotopic (exact) mass is 303 g/mol. The maximum Gasteiger partial charge on any atom is 0.224 e. The molecule has 1 N–H and O–H groups in total. The molecule has 21 heavy (non-hydrogen) atoms. The number of aliphatic hydroxyl groups is 1. The SMILES string of the molecule is CN(Cc1csc(C#CCO)c1)C(=O)CCn1ccnc1. The van der Waals surface area contributed by atoms with Crippen molar-refractivity contribution in [3.05, 3.63) is 40.6 Å². The van der Waals surface area contributed by atoms with Gasteiger partial charge >= 0.3 is 0 Å². The van der Waals surface area contributed by atoms with Crippen molar-refractivity contribution >= 4 is 17.2 Å².